The maximum atomic E-state index is 12.7. The first-order valence-electron chi connectivity index (χ1n) is 9.51. The van der Waals surface area contributed by atoms with Crippen molar-refractivity contribution in [3.05, 3.63) is 53.2 Å². The van der Waals surface area contributed by atoms with E-state index in [0.717, 1.165) is 43.7 Å². The number of benzene rings is 1. The van der Waals surface area contributed by atoms with Gasteiger partial charge in [-0.25, -0.2) is 18.1 Å². The fourth-order valence-corrected chi connectivity index (χ4v) is 4.74. The number of aryl methyl sites for hydroxylation is 2. The maximum Gasteiger partial charge on any atom is 0.240 e. The molecule has 0 atom stereocenters. The molecule has 1 aliphatic heterocycles. The van der Waals surface area contributed by atoms with Crippen molar-refractivity contribution >= 4 is 15.8 Å². The number of nitrogens with zero attached hydrogens (tertiary/aromatic N) is 2. The normalized spacial score (nSPS) is 17.6. The van der Waals surface area contributed by atoms with E-state index in [-0.39, 0.29) is 6.54 Å². The number of hydrogen-bond donors (Lipinski definition) is 1. The van der Waals surface area contributed by atoms with Gasteiger partial charge in [0.2, 0.25) is 10.0 Å². The van der Waals surface area contributed by atoms with E-state index in [4.69, 9.17) is 4.74 Å². The molecule has 0 amide bonds. The lowest BCUT2D eigenvalue weighted by Gasteiger charge is -2.28. The molecule has 144 valence electrons. The quantitative estimate of drug-likeness (QED) is 0.852. The van der Waals surface area contributed by atoms with Crippen LogP contribution < -0.4 is 9.62 Å². The van der Waals surface area contributed by atoms with Crippen LogP contribution in [0.4, 0.5) is 5.82 Å². The van der Waals surface area contributed by atoms with Crippen LogP contribution in [-0.4, -0.2) is 39.7 Å². The monoisotopic (exact) mass is 387 g/mol. The smallest absolute Gasteiger partial charge is 0.240 e. The molecule has 1 aliphatic carbocycles. The molecule has 1 saturated heterocycles. The van der Waals surface area contributed by atoms with Gasteiger partial charge in [-0.05, 0) is 66.6 Å². The van der Waals surface area contributed by atoms with Gasteiger partial charge in [-0.3, -0.25) is 0 Å². The Morgan fingerprint density at radius 3 is 2.63 bits per heavy atom. The number of morpholine rings is 1. The van der Waals surface area contributed by atoms with E-state index in [2.05, 4.69) is 14.6 Å². The number of rotatable bonds is 5. The van der Waals surface area contributed by atoms with Gasteiger partial charge < -0.3 is 9.64 Å². The lowest BCUT2D eigenvalue weighted by Crippen LogP contribution is -2.36. The minimum atomic E-state index is -3.53. The zero-order chi connectivity index (χ0) is 18.7. The SMILES string of the molecule is O=S(=O)(NCc1ccnc(N2CCOCC2)c1)c1ccc2c(c1)CCCC2. The van der Waals surface area contributed by atoms with E-state index in [1.54, 1.807) is 12.3 Å². The highest BCUT2D eigenvalue weighted by molar-refractivity contribution is 7.89. The van der Waals surface area contributed by atoms with Crippen LogP contribution in [-0.2, 0) is 34.1 Å². The Labute approximate surface area is 160 Å². The van der Waals surface area contributed by atoms with Crippen LogP contribution >= 0.6 is 0 Å². The zero-order valence-corrected chi connectivity index (χ0v) is 16.2. The van der Waals surface area contributed by atoms with Crippen molar-refractivity contribution in [3.8, 4) is 0 Å². The molecule has 0 unspecified atom stereocenters. The van der Waals surface area contributed by atoms with Crippen molar-refractivity contribution in [1.82, 2.24) is 9.71 Å². The Kier molecular flexibility index (Phi) is 5.43. The number of pyridine rings is 1. The first-order chi connectivity index (χ1) is 13.1. The minimum Gasteiger partial charge on any atom is -0.378 e. The average Bonchev–Trinajstić information content (AvgIpc) is 2.73. The van der Waals surface area contributed by atoms with Crippen molar-refractivity contribution < 1.29 is 13.2 Å². The van der Waals surface area contributed by atoms with E-state index in [0.29, 0.717) is 18.1 Å². The summed E-state index contributed by atoms with van der Waals surface area (Å²) in [5.74, 6) is 0.865. The van der Waals surface area contributed by atoms with Crippen molar-refractivity contribution in [1.29, 1.82) is 0 Å². The molecule has 4 rings (SSSR count). The van der Waals surface area contributed by atoms with Gasteiger partial charge in [0.25, 0.3) is 0 Å². The van der Waals surface area contributed by atoms with E-state index in [1.165, 1.54) is 17.5 Å². The van der Waals surface area contributed by atoms with Gasteiger partial charge in [-0.2, -0.15) is 0 Å². The number of nitrogens with one attached hydrogen (secondary N) is 1. The molecule has 1 aromatic carbocycles. The number of hydrogen-bond acceptors (Lipinski definition) is 5. The van der Waals surface area contributed by atoms with Crippen LogP contribution in [0.5, 0.6) is 0 Å². The molecule has 2 aromatic rings. The summed E-state index contributed by atoms with van der Waals surface area (Å²) in [5.41, 5.74) is 3.35. The molecule has 2 heterocycles. The number of sulfonamides is 1. The van der Waals surface area contributed by atoms with Gasteiger partial charge in [-0.15, -0.1) is 0 Å². The van der Waals surface area contributed by atoms with Crippen molar-refractivity contribution in [2.45, 2.75) is 37.1 Å². The third-order valence-electron chi connectivity index (χ3n) is 5.24. The highest BCUT2D eigenvalue weighted by atomic mass is 32.2. The van der Waals surface area contributed by atoms with Gasteiger partial charge in [-0.1, -0.05) is 6.07 Å². The highest BCUT2D eigenvalue weighted by Crippen LogP contribution is 2.24. The van der Waals surface area contributed by atoms with E-state index < -0.39 is 10.0 Å². The fraction of sp³-hybridized carbons (Fsp3) is 0.450. The third kappa shape index (κ3) is 4.31. The van der Waals surface area contributed by atoms with E-state index >= 15 is 0 Å². The van der Waals surface area contributed by atoms with Crippen LogP contribution in [0.3, 0.4) is 0 Å². The van der Waals surface area contributed by atoms with Gasteiger partial charge in [0, 0.05) is 25.8 Å². The number of fused-ring (bicyclic) bond motifs is 1. The first-order valence-corrected chi connectivity index (χ1v) is 11.0. The summed E-state index contributed by atoms with van der Waals surface area (Å²) in [6, 6.07) is 9.31. The molecule has 6 nitrogen and oxygen atoms in total. The summed E-state index contributed by atoms with van der Waals surface area (Å²) < 4.78 is 33.5. The second-order valence-corrected chi connectivity index (χ2v) is 8.85. The molecule has 27 heavy (non-hydrogen) atoms. The molecule has 2 aliphatic rings. The Balaban J connectivity index is 1.46. The summed E-state index contributed by atoms with van der Waals surface area (Å²) in [5, 5.41) is 0. The Morgan fingerprint density at radius 2 is 1.81 bits per heavy atom. The summed E-state index contributed by atoms with van der Waals surface area (Å²) in [6.07, 6.45) is 6.06. The highest BCUT2D eigenvalue weighted by Gasteiger charge is 2.18. The van der Waals surface area contributed by atoms with Crippen molar-refractivity contribution in [2.24, 2.45) is 0 Å². The van der Waals surface area contributed by atoms with Crippen LogP contribution in [0.1, 0.15) is 29.5 Å². The molecular weight excluding hydrogens is 362 g/mol. The third-order valence-corrected chi connectivity index (χ3v) is 6.64. The van der Waals surface area contributed by atoms with Crippen LogP contribution in [0, 0.1) is 0 Å². The van der Waals surface area contributed by atoms with Gasteiger partial charge in [0.05, 0.1) is 18.1 Å². The van der Waals surface area contributed by atoms with Crippen LogP contribution in [0.2, 0.25) is 0 Å². The van der Waals surface area contributed by atoms with Gasteiger partial charge in [0.1, 0.15) is 5.82 Å². The second-order valence-electron chi connectivity index (χ2n) is 7.08. The largest absolute Gasteiger partial charge is 0.378 e. The van der Waals surface area contributed by atoms with Gasteiger partial charge in [0.15, 0.2) is 0 Å². The average molecular weight is 388 g/mol. The molecule has 0 radical (unpaired) electrons. The minimum absolute atomic E-state index is 0.249. The fourth-order valence-electron chi connectivity index (χ4n) is 3.67. The predicted octanol–water partition coefficient (Wildman–Crippen LogP) is 2.28. The van der Waals surface area contributed by atoms with E-state index in [1.807, 2.05) is 24.3 Å². The Morgan fingerprint density at radius 1 is 1.04 bits per heavy atom. The summed E-state index contributed by atoms with van der Waals surface area (Å²) in [6.45, 7) is 3.24. The zero-order valence-electron chi connectivity index (χ0n) is 15.4. The summed E-state index contributed by atoms with van der Waals surface area (Å²) in [7, 11) is -3.53. The molecule has 0 saturated carbocycles. The lowest BCUT2D eigenvalue weighted by atomic mass is 9.92. The number of aromatic nitrogens is 1. The Hall–Kier alpha value is -1.96. The molecule has 0 spiro atoms. The molecule has 0 bridgehead atoms. The molecular formula is C20H25N3O3S. The predicted molar refractivity (Wildman–Crippen MR) is 104 cm³/mol. The van der Waals surface area contributed by atoms with Gasteiger partial charge >= 0.3 is 0 Å². The van der Waals surface area contributed by atoms with Crippen LogP contribution in [0.15, 0.2) is 41.4 Å². The van der Waals surface area contributed by atoms with E-state index in [9.17, 15) is 8.42 Å². The second kappa shape index (κ2) is 7.96. The lowest BCUT2D eigenvalue weighted by molar-refractivity contribution is 0.122. The summed E-state index contributed by atoms with van der Waals surface area (Å²) in [4.78, 5) is 6.92. The molecule has 1 N–H and O–H groups in total. The summed E-state index contributed by atoms with van der Waals surface area (Å²) >= 11 is 0. The number of anilines is 1. The molecule has 7 heteroatoms. The standard InChI is InChI=1S/C20H25N3O3S/c24-27(25,19-6-5-17-3-1-2-4-18(17)14-19)22-15-16-7-8-21-20(13-16)23-9-11-26-12-10-23/h5-8,13-14,22H,1-4,9-12,15H2. The van der Waals surface area contributed by atoms with Crippen LogP contribution in [0.25, 0.3) is 0 Å². The van der Waals surface area contributed by atoms with Crippen molar-refractivity contribution in [3.63, 3.8) is 0 Å². The Bertz CT molecular complexity index is 908. The first kappa shape index (κ1) is 18.4. The topological polar surface area (TPSA) is 71.5 Å². The molecule has 1 fully saturated rings. The number of ether oxygens (including phenoxy) is 1. The molecule has 1 aromatic heterocycles. The maximum absolute atomic E-state index is 12.7. The van der Waals surface area contributed by atoms with Crippen molar-refractivity contribution in [2.75, 3.05) is 31.2 Å².